The SMILES string of the molecule is CC(OC(=O)OC1CCCCC1)OC(=O)[C@@H](Cc1c[nH]c2ccccc12)NC(=O)CC[C@@H](NC(=O)OCc1ccccc1)C(=O)OCc1ccccc1. The molecular weight excluding hydrogens is 682 g/mol. The number of esters is 2. The highest BCUT2D eigenvalue weighted by Gasteiger charge is 2.29. The molecule has 1 fully saturated rings. The van der Waals surface area contributed by atoms with Crippen molar-refractivity contribution in [2.75, 3.05) is 0 Å². The summed E-state index contributed by atoms with van der Waals surface area (Å²) in [5, 5.41) is 6.06. The minimum Gasteiger partial charge on any atom is -0.459 e. The van der Waals surface area contributed by atoms with E-state index in [1.54, 1.807) is 54.7 Å². The van der Waals surface area contributed by atoms with Gasteiger partial charge in [0.15, 0.2) is 0 Å². The Morgan fingerprint density at radius 2 is 1.38 bits per heavy atom. The molecule has 1 heterocycles. The summed E-state index contributed by atoms with van der Waals surface area (Å²) >= 11 is 0. The maximum absolute atomic E-state index is 13.5. The number of ether oxygens (including phenoxy) is 5. The maximum Gasteiger partial charge on any atom is 0.511 e. The molecule has 1 aromatic heterocycles. The van der Waals surface area contributed by atoms with Gasteiger partial charge in [-0.3, -0.25) is 4.79 Å². The number of alkyl carbamates (subject to hydrolysis) is 1. The summed E-state index contributed by atoms with van der Waals surface area (Å²) in [6.45, 7) is 1.31. The van der Waals surface area contributed by atoms with Crippen molar-refractivity contribution in [3.05, 3.63) is 108 Å². The average Bonchev–Trinajstić information content (AvgIpc) is 3.58. The second-order valence-corrected chi connectivity index (χ2v) is 12.8. The van der Waals surface area contributed by atoms with E-state index < -0.39 is 48.5 Å². The maximum atomic E-state index is 13.5. The number of fused-ring (bicyclic) bond motifs is 1. The van der Waals surface area contributed by atoms with Gasteiger partial charge in [-0.25, -0.2) is 19.2 Å². The molecule has 0 spiro atoms. The van der Waals surface area contributed by atoms with Gasteiger partial charge in [0.05, 0.1) is 0 Å². The highest BCUT2D eigenvalue weighted by molar-refractivity contribution is 5.88. The summed E-state index contributed by atoms with van der Waals surface area (Å²) in [5.41, 5.74) is 3.06. The van der Waals surface area contributed by atoms with Crippen LogP contribution < -0.4 is 10.6 Å². The molecule has 13 nitrogen and oxygen atoms in total. The van der Waals surface area contributed by atoms with Crippen LogP contribution in [0, 0.1) is 0 Å². The van der Waals surface area contributed by atoms with Gasteiger partial charge in [0.2, 0.25) is 12.2 Å². The van der Waals surface area contributed by atoms with E-state index in [4.69, 9.17) is 23.7 Å². The summed E-state index contributed by atoms with van der Waals surface area (Å²) < 4.78 is 26.8. The van der Waals surface area contributed by atoms with Gasteiger partial charge in [-0.15, -0.1) is 0 Å². The summed E-state index contributed by atoms with van der Waals surface area (Å²) in [6.07, 6.45) is 2.50. The van der Waals surface area contributed by atoms with Crippen molar-refractivity contribution in [1.82, 2.24) is 15.6 Å². The molecule has 3 atom stereocenters. The van der Waals surface area contributed by atoms with E-state index in [1.165, 1.54) is 6.92 Å². The van der Waals surface area contributed by atoms with Crippen LogP contribution in [0.2, 0.25) is 0 Å². The molecule has 53 heavy (non-hydrogen) atoms. The number of carbonyl (C=O) groups excluding carboxylic acids is 5. The number of hydrogen-bond donors (Lipinski definition) is 3. The smallest absolute Gasteiger partial charge is 0.459 e. The monoisotopic (exact) mass is 727 g/mol. The molecule has 13 heteroatoms. The molecule has 3 aromatic carbocycles. The minimum absolute atomic E-state index is 0.0307. The topological polar surface area (TPSA) is 171 Å². The lowest BCUT2D eigenvalue weighted by molar-refractivity contribution is -0.172. The van der Waals surface area contributed by atoms with Crippen LogP contribution in [-0.4, -0.2) is 59.6 Å². The molecule has 0 bridgehead atoms. The molecule has 280 valence electrons. The molecule has 1 aliphatic rings. The largest absolute Gasteiger partial charge is 0.511 e. The van der Waals surface area contributed by atoms with Crippen LogP contribution in [0.3, 0.4) is 0 Å². The van der Waals surface area contributed by atoms with Crippen LogP contribution in [0.15, 0.2) is 91.1 Å². The first-order valence-electron chi connectivity index (χ1n) is 17.8. The zero-order valence-corrected chi connectivity index (χ0v) is 29.6. The number of benzene rings is 3. The second-order valence-electron chi connectivity index (χ2n) is 12.8. The molecule has 4 aromatic rings. The van der Waals surface area contributed by atoms with Crippen molar-refractivity contribution in [3.63, 3.8) is 0 Å². The Labute approximate surface area is 307 Å². The van der Waals surface area contributed by atoms with Crippen molar-refractivity contribution in [2.24, 2.45) is 0 Å². The Morgan fingerprint density at radius 3 is 2.08 bits per heavy atom. The van der Waals surface area contributed by atoms with Crippen LogP contribution in [0.4, 0.5) is 9.59 Å². The van der Waals surface area contributed by atoms with E-state index in [1.807, 2.05) is 36.4 Å². The third-order valence-corrected chi connectivity index (χ3v) is 8.75. The number of carbonyl (C=O) groups is 5. The van der Waals surface area contributed by atoms with E-state index in [-0.39, 0.29) is 38.6 Å². The number of aromatic amines is 1. The van der Waals surface area contributed by atoms with Crippen LogP contribution in [0.1, 0.15) is 68.6 Å². The Kier molecular flexibility index (Phi) is 14.2. The van der Waals surface area contributed by atoms with Crippen LogP contribution >= 0.6 is 0 Å². The fourth-order valence-corrected chi connectivity index (χ4v) is 5.99. The summed E-state index contributed by atoms with van der Waals surface area (Å²) in [6, 6.07) is 23.1. The lowest BCUT2D eigenvalue weighted by atomic mass is 9.98. The lowest BCUT2D eigenvalue weighted by Crippen LogP contribution is -2.46. The van der Waals surface area contributed by atoms with Gasteiger partial charge >= 0.3 is 24.2 Å². The Balaban J connectivity index is 1.22. The van der Waals surface area contributed by atoms with Gasteiger partial charge < -0.3 is 39.3 Å². The second kappa shape index (κ2) is 19.7. The number of nitrogens with one attached hydrogen (secondary N) is 3. The van der Waals surface area contributed by atoms with Crippen molar-refractivity contribution in [3.8, 4) is 0 Å². The van der Waals surface area contributed by atoms with E-state index in [0.29, 0.717) is 0 Å². The molecule has 5 rings (SSSR count). The van der Waals surface area contributed by atoms with E-state index in [2.05, 4.69) is 15.6 Å². The minimum atomic E-state index is -1.30. The fourth-order valence-electron chi connectivity index (χ4n) is 5.99. The molecule has 3 N–H and O–H groups in total. The molecule has 0 saturated heterocycles. The Morgan fingerprint density at radius 1 is 0.736 bits per heavy atom. The highest BCUT2D eigenvalue weighted by atomic mass is 16.8. The first-order valence-corrected chi connectivity index (χ1v) is 17.8. The average molecular weight is 728 g/mol. The molecular formula is C40H45N3O10. The van der Waals surface area contributed by atoms with E-state index in [9.17, 15) is 24.0 Å². The van der Waals surface area contributed by atoms with Gasteiger partial charge in [-0.05, 0) is 54.9 Å². The highest BCUT2D eigenvalue weighted by Crippen LogP contribution is 2.22. The number of amides is 2. The Hall–Kier alpha value is -5.85. The zero-order valence-electron chi connectivity index (χ0n) is 29.6. The lowest BCUT2D eigenvalue weighted by Gasteiger charge is -2.23. The first-order chi connectivity index (χ1) is 25.7. The zero-order chi connectivity index (χ0) is 37.4. The predicted molar refractivity (Wildman–Crippen MR) is 193 cm³/mol. The molecule has 1 aliphatic carbocycles. The van der Waals surface area contributed by atoms with Crippen molar-refractivity contribution < 1.29 is 47.7 Å². The van der Waals surface area contributed by atoms with Gasteiger partial charge in [-0.2, -0.15) is 0 Å². The first kappa shape index (κ1) is 38.4. The normalized spacial score (nSPS) is 14.6. The summed E-state index contributed by atoms with van der Waals surface area (Å²) in [7, 11) is 0. The molecule has 1 saturated carbocycles. The number of rotatable bonds is 16. The van der Waals surface area contributed by atoms with Crippen molar-refractivity contribution in [2.45, 2.75) is 96.0 Å². The molecule has 1 unspecified atom stereocenters. The van der Waals surface area contributed by atoms with Crippen LogP contribution in [0.25, 0.3) is 10.9 Å². The third-order valence-electron chi connectivity index (χ3n) is 8.75. The molecule has 2 amide bonds. The van der Waals surface area contributed by atoms with Gasteiger partial charge in [0.25, 0.3) is 0 Å². The van der Waals surface area contributed by atoms with Crippen molar-refractivity contribution >= 4 is 41.0 Å². The number of para-hydroxylation sites is 1. The van der Waals surface area contributed by atoms with Crippen molar-refractivity contribution in [1.29, 1.82) is 0 Å². The Bertz CT molecular complexity index is 1810. The van der Waals surface area contributed by atoms with Crippen LogP contribution in [-0.2, 0) is 57.7 Å². The standard InChI is InChI=1S/C40H45N3O10/c1-27(52-40(48)53-31-17-9-4-10-18-31)51-38(46)35(23-30-24-41-33-20-12-11-19-32(30)33)42-36(44)22-21-34(37(45)49-25-28-13-5-2-6-14-28)43-39(47)50-26-29-15-7-3-8-16-29/h2-3,5-8,11-16,19-20,24,27,31,34-35,41H,4,9-10,17-18,21-23,25-26H2,1H3,(H,42,44)(H,43,47)/t27?,34-,35-/m1/s1. The summed E-state index contributed by atoms with van der Waals surface area (Å²) in [5.74, 6) is -2.21. The number of H-pyrrole nitrogens is 1. The third kappa shape index (κ3) is 12.4. The number of aromatic nitrogens is 1. The van der Waals surface area contributed by atoms with Gasteiger partial charge in [0, 0.05) is 36.9 Å². The van der Waals surface area contributed by atoms with E-state index >= 15 is 0 Å². The predicted octanol–water partition coefficient (Wildman–Crippen LogP) is 6.39. The van der Waals surface area contributed by atoms with Gasteiger partial charge in [-0.1, -0.05) is 85.3 Å². The molecule has 0 aliphatic heterocycles. The van der Waals surface area contributed by atoms with Gasteiger partial charge in [0.1, 0.15) is 31.4 Å². The fraction of sp³-hybridized carbons (Fsp3) is 0.375. The van der Waals surface area contributed by atoms with E-state index in [0.717, 1.165) is 59.7 Å². The number of hydrogen-bond acceptors (Lipinski definition) is 10. The van der Waals surface area contributed by atoms with Crippen LogP contribution in [0.5, 0.6) is 0 Å². The summed E-state index contributed by atoms with van der Waals surface area (Å²) in [4.78, 5) is 68.4. The molecule has 0 radical (unpaired) electrons. The quantitative estimate of drug-likeness (QED) is 0.0668.